The molecule has 3 heteroatoms. The maximum atomic E-state index is 9.19. The Bertz CT molecular complexity index is 221. The molecule has 1 fully saturated rings. The standard InChI is InChI=1S/C15H32N2O/c1-4-15(3,12-16-5-2)13-17-10-7-6-8-14(17)9-11-18/h14,16,18H,4-13H2,1-3H3. The summed E-state index contributed by atoms with van der Waals surface area (Å²) in [7, 11) is 0. The lowest BCUT2D eigenvalue weighted by molar-refractivity contribution is 0.0701. The summed E-state index contributed by atoms with van der Waals surface area (Å²) in [4.78, 5) is 2.63. The lowest BCUT2D eigenvalue weighted by Crippen LogP contribution is -2.48. The number of likely N-dealkylation sites (tertiary alicyclic amines) is 1. The van der Waals surface area contributed by atoms with E-state index in [4.69, 9.17) is 0 Å². The molecule has 0 aliphatic carbocycles. The molecule has 0 aromatic carbocycles. The SMILES string of the molecule is CCNCC(C)(CC)CN1CCCCC1CCO. The number of aliphatic hydroxyl groups is 1. The summed E-state index contributed by atoms with van der Waals surface area (Å²) < 4.78 is 0. The first-order chi connectivity index (χ1) is 8.65. The van der Waals surface area contributed by atoms with E-state index in [2.05, 4.69) is 31.0 Å². The summed E-state index contributed by atoms with van der Waals surface area (Å²) in [5, 5.41) is 12.7. The summed E-state index contributed by atoms with van der Waals surface area (Å²) in [6, 6.07) is 0.608. The van der Waals surface area contributed by atoms with E-state index >= 15 is 0 Å². The number of nitrogens with zero attached hydrogens (tertiary/aromatic N) is 1. The molecule has 2 N–H and O–H groups in total. The van der Waals surface area contributed by atoms with Gasteiger partial charge in [0.25, 0.3) is 0 Å². The van der Waals surface area contributed by atoms with Gasteiger partial charge in [0.2, 0.25) is 0 Å². The summed E-state index contributed by atoms with van der Waals surface area (Å²) in [5.41, 5.74) is 0.362. The molecule has 108 valence electrons. The molecule has 0 bridgehead atoms. The van der Waals surface area contributed by atoms with Crippen LogP contribution in [0.4, 0.5) is 0 Å². The van der Waals surface area contributed by atoms with Gasteiger partial charge in [-0.25, -0.2) is 0 Å². The minimum atomic E-state index is 0.331. The third-order valence-electron chi connectivity index (χ3n) is 4.45. The number of aliphatic hydroxyl groups excluding tert-OH is 1. The average Bonchev–Trinajstić information content (AvgIpc) is 2.39. The van der Waals surface area contributed by atoms with E-state index in [1.165, 1.54) is 38.8 Å². The predicted octanol–water partition coefficient (Wildman–Crippen LogP) is 2.25. The Morgan fingerprint density at radius 1 is 1.33 bits per heavy atom. The highest BCUT2D eigenvalue weighted by molar-refractivity contribution is 4.85. The highest BCUT2D eigenvalue weighted by Gasteiger charge is 2.29. The number of hydrogen-bond acceptors (Lipinski definition) is 3. The van der Waals surface area contributed by atoms with Crippen molar-refractivity contribution in [2.45, 2.75) is 58.9 Å². The maximum Gasteiger partial charge on any atom is 0.0445 e. The van der Waals surface area contributed by atoms with Crippen molar-refractivity contribution in [3.63, 3.8) is 0 Å². The Morgan fingerprint density at radius 3 is 2.72 bits per heavy atom. The number of hydrogen-bond donors (Lipinski definition) is 2. The van der Waals surface area contributed by atoms with Crippen molar-refractivity contribution in [2.24, 2.45) is 5.41 Å². The van der Waals surface area contributed by atoms with E-state index in [-0.39, 0.29) is 0 Å². The van der Waals surface area contributed by atoms with Crippen molar-refractivity contribution < 1.29 is 5.11 Å². The van der Waals surface area contributed by atoms with Crippen molar-refractivity contribution in [1.82, 2.24) is 10.2 Å². The average molecular weight is 256 g/mol. The van der Waals surface area contributed by atoms with Crippen LogP contribution in [0.25, 0.3) is 0 Å². The highest BCUT2D eigenvalue weighted by atomic mass is 16.3. The first kappa shape index (κ1) is 15.9. The zero-order chi connectivity index (χ0) is 13.4. The van der Waals surface area contributed by atoms with Crippen LogP contribution in [0, 0.1) is 5.41 Å². The van der Waals surface area contributed by atoms with Crippen LogP contribution in [0.1, 0.15) is 52.9 Å². The Hall–Kier alpha value is -0.120. The molecule has 2 atom stereocenters. The second-order valence-electron chi connectivity index (χ2n) is 6.08. The van der Waals surface area contributed by atoms with Crippen LogP contribution in [0.5, 0.6) is 0 Å². The van der Waals surface area contributed by atoms with E-state index in [0.717, 1.165) is 19.5 Å². The van der Waals surface area contributed by atoms with E-state index in [0.29, 0.717) is 18.1 Å². The Kier molecular flexibility index (Phi) is 7.20. The summed E-state index contributed by atoms with van der Waals surface area (Å²) in [6.45, 7) is 11.7. The second kappa shape index (κ2) is 8.13. The molecular weight excluding hydrogens is 224 g/mol. The summed E-state index contributed by atoms with van der Waals surface area (Å²) >= 11 is 0. The van der Waals surface area contributed by atoms with Gasteiger partial charge >= 0.3 is 0 Å². The van der Waals surface area contributed by atoms with Gasteiger partial charge in [-0.3, -0.25) is 4.90 Å². The monoisotopic (exact) mass is 256 g/mol. The third-order valence-corrected chi connectivity index (χ3v) is 4.45. The van der Waals surface area contributed by atoms with E-state index in [9.17, 15) is 5.11 Å². The van der Waals surface area contributed by atoms with Crippen LogP contribution >= 0.6 is 0 Å². The molecule has 0 aromatic rings. The Labute approximate surface area is 113 Å². The van der Waals surface area contributed by atoms with Gasteiger partial charge < -0.3 is 10.4 Å². The largest absolute Gasteiger partial charge is 0.396 e. The van der Waals surface area contributed by atoms with Crippen LogP contribution in [-0.4, -0.2) is 48.8 Å². The molecule has 0 saturated carbocycles. The van der Waals surface area contributed by atoms with Crippen molar-refractivity contribution in [1.29, 1.82) is 0 Å². The molecule has 1 heterocycles. The third kappa shape index (κ3) is 4.87. The van der Waals surface area contributed by atoms with Gasteiger partial charge in [0.05, 0.1) is 0 Å². The van der Waals surface area contributed by atoms with Crippen LogP contribution in [-0.2, 0) is 0 Å². The van der Waals surface area contributed by atoms with Gasteiger partial charge in [0.15, 0.2) is 0 Å². The zero-order valence-electron chi connectivity index (χ0n) is 12.5. The van der Waals surface area contributed by atoms with E-state index in [1.54, 1.807) is 0 Å². The number of rotatable bonds is 8. The lowest BCUT2D eigenvalue weighted by atomic mass is 9.85. The van der Waals surface area contributed by atoms with Crippen LogP contribution in [0.3, 0.4) is 0 Å². The normalized spacial score (nSPS) is 25.0. The van der Waals surface area contributed by atoms with Crippen LogP contribution in [0.15, 0.2) is 0 Å². The minimum absolute atomic E-state index is 0.331. The minimum Gasteiger partial charge on any atom is -0.396 e. The molecule has 1 aliphatic heterocycles. The topological polar surface area (TPSA) is 35.5 Å². The molecule has 0 radical (unpaired) electrons. The molecule has 18 heavy (non-hydrogen) atoms. The fourth-order valence-corrected chi connectivity index (χ4v) is 2.95. The second-order valence-corrected chi connectivity index (χ2v) is 6.08. The van der Waals surface area contributed by atoms with Gasteiger partial charge in [0.1, 0.15) is 0 Å². The molecule has 0 aromatic heterocycles. The fourth-order valence-electron chi connectivity index (χ4n) is 2.95. The van der Waals surface area contributed by atoms with E-state index < -0.39 is 0 Å². The van der Waals surface area contributed by atoms with Crippen molar-refractivity contribution in [3.8, 4) is 0 Å². The van der Waals surface area contributed by atoms with E-state index in [1.807, 2.05) is 0 Å². The molecule has 1 saturated heterocycles. The number of piperidine rings is 1. The smallest absolute Gasteiger partial charge is 0.0445 e. The molecule has 2 unspecified atom stereocenters. The van der Waals surface area contributed by atoms with Crippen LogP contribution < -0.4 is 5.32 Å². The highest BCUT2D eigenvalue weighted by Crippen LogP contribution is 2.27. The molecule has 0 amide bonds. The van der Waals surface area contributed by atoms with Gasteiger partial charge in [-0.1, -0.05) is 27.2 Å². The van der Waals surface area contributed by atoms with Crippen molar-refractivity contribution in [3.05, 3.63) is 0 Å². The fraction of sp³-hybridized carbons (Fsp3) is 1.00. The van der Waals surface area contributed by atoms with Gasteiger partial charge in [0, 0.05) is 25.7 Å². The first-order valence-electron chi connectivity index (χ1n) is 7.71. The molecule has 0 spiro atoms. The van der Waals surface area contributed by atoms with Crippen molar-refractivity contribution >= 4 is 0 Å². The Morgan fingerprint density at radius 2 is 2.11 bits per heavy atom. The van der Waals surface area contributed by atoms with Crippen LogP contribution in [0.2, 0.25) is 0 Å². The quantitative estimate of drug-likeness (QED) is 0.699. The summed E-state index contributed by atoms with van der Waals surface area (Å²) in [6.07, 6.45) is 6.07. The van der Waals surface area contributed by atoms with Crippen molar-refractivity contribution in [2.75, 3.05) is 32.8 Å². The predicted molar refractivity (Wildman–Crippen MR) is 77.9 cm³/mol. The van der Waals surface area contributed by atoms with Gasteiger partial charge in [-0.15, -0.1) is 0 Å². The molecule has 1 aliphatic rings. The lowest BCUT2D eigenvalue weighted by Gasteiger charge is -2.42. The molecular formula is C15H32N2O. The first-order valence-corrected chi connectivity index (χ1v) is 7.71. The molecule has 1 rings (SSSR count). The Balaban J connectivity index is 2.54. The van der Waals surface area contributed by atoms with Gasteiger partial charge in [-0.05, 0) is 44.2 Å². The zero-order valence-corrected chi connectivity index (χ0v) is 12.5. The van der Waals surface area contributed by atoms with Gasteiger partial charge in [-0.2, -0.15) is 0 Å². The molecule has 3 nitrogen and oxygen atoms in total. The number of nitrogens with one attached hydrogen (secondary N) is 1. The maximum absolute atomic E-state index is 9.19. The summed E-state index contributed by atoms with van der Waals surface area (Å²) in [5.74, 6) is 0.